The number of carboxylic acid groups (broad SMARTS) is 1. The zero-order valence-electron chi connectivity index (χ0n) is 24.3. The lowest BCUT2D eigenvalue weighted by Crippen LogP contribution is -2.35. The molecule has 0 aromatic heterocycles. The van der Waals surface area contributed by atoms with Gasteiger partial charge in [-0.3, -0.25) is 24.2 Å². The third-order valence-corrected chi connectivity index (χ3v) is 8.97. The molecule has 0 bridgehead atoms. The monoisotopic (exact) mass is 562 g/mol. The molecule has 8 heteroatoms. The van der Waals surface area contributed by atoms with Crippen molar-refractivity contribution in [1.82, 2.24) is 9.80 Å². The van der Waals surface area contributed by atoms with Crippen LogP contribution < -0.4 is 9.47 Å². The van der Waals surface area contributed by atoms with Crippen molar-refractivity contribution in [1.29, 1.82) is 0 Å². The van der Waals surface area contributed by atoms with Gasteiger partial charge in [-0.1, -0.05) is 31.2 Å². The van der Waals surface area contributed by atoms with Crippen molar-refractivity contribution in [3.63, 3.8) is 0 Å². The second kappa shape index (κ2) is 13.1. The average molecular weight is 563 g/mol. The van der Waals surface area contributed by atoms with Gasteiger partial charge in [-0.2, -0.15) is 0 Å². The molecule has 8 nitrogen and oxygen atoms in total. The Bertz CT molecular complexity index is 1250. The van der Waals surface area contributed by atoms with E-state index >= 15 is 0 Å². The first-order valence-electron chi connectivity index (χ1n) is 15.1. The maximum Gasteiger partial charge on any atom is 0.306 e. The molecular weight excluding hydrogens is 520 g/mol. The molecule has 41 heavy (non-hydrogen) atoms. The van der Waals surface area contributed by atoms with Crippen molar-refractivity contribution in [2.45, 2.75) is 77.8 Å². The molecule has 0 spiro atoms. The van der Waals surface area contributed by atoms with E-state index in [0.717, 1.165) is 75.3 Å². The molecule has 220 valence electrons. The summed E-state index contributed by atoms with van der Waals surface area (Å²) < 4.78 is 11.7. The van der Waals surface area contributed by atoms with Gasteiger partial charge in [-0.25, -0.2) is 0 Å². The number of carboxylic acids is 1. The summed E-state index contributed by atoms with van der Waals surface area (Å²) in [7, 11) is 0. The number of aliphatic carboxylic acids is 1. The van der Waals surface area contributed by atoms with Gasteiger partial charge in [0.1, 0.15) is 18.1 Å². The Kier molecular flexibility index (Phi) is 9.28. The first-order valence-corrected chi connectivity index (χ1v) is 15.1. The van der Waals surface area contributed by atoms with Gasteiger partial charge in [0, 0.05) is 38.4 Å². The molecule has 1 atom stereocenters. The minimum atomic E-state index is -0.663. The number of likely N-dealkylation sites (tertiary alicyclic amines) is 1. The zero-order chi connectivity index (χ0) is 28.9. The molecule has 2 heterocycles. The minimum absolute atomic E-state index is 0.122. The second-order valence-electron chi connectivity index (χ2n) is 11.8. The molecule has 2 amide bonds. The highest BCUT2D eigenvalue weighted by atomic mass is 16.5. The fourth-order valence-corrected chi connectivity index (χ4v) is 6.67. The molecule has 1 saturated heterocycles. The van der Waals surface area contributed by atoms with Crippen molar-refractivity contribution in [2.75, 3.05) is 26.3 Å². The zero-order valence-corrected chi connectivity index (χ0v) is 24.3. The molecule has 1 saturated carbocycles. The van der Waals surface area contributed by atoms with E-state index in [-0.39, 0.29) is 36.9 Å². The number of imide groups is 1. The predicted octanol–water partition coefficient (Wildman–Crippen LogP) is 5.30. The van der Waals surface area contributed by atoms with E-state index < -0.39 is 5.97 Å². The van der Waals surface area contributed by atoms with Crippen LogP contribution in [-0.4, -0.2) is 59.0 Å². The quantitative estimate of drug-likeness (QED) is 0.351. The van der Waals surface area contributed by atoms with Crippen molar-refractivity contribution >= 4 is 17.8 Å². The molecule has 3 aliphatic rings. The lowest BCUT2D eigenvalue weighted by molar-refractivity contribution is -0.143. The lowest BCUT2D eigenvalue weighted by atomic mass is 9.81. The SMILES string of the molecule is CCC(c1ccc2c(c1)CCO2)N(Cc1ccc(OCCN2C(=O)CCC2=O)c(C)c1)C[C@H]1CC[C@H](C(=O)O)CC1. The summed E-state index contributed by atoms with van der Waals surface area (Å²) in [6.45, 7) is 7.27. The minimum Gasteiger partial charge on any atom is -0.493 e. The molecule has 2 fully saturated rings. The van der Waals surface area contributed by atoms with Crippen LogP contribution in [0.1, 0.15) is 80.2 Å². The first-order chi connectivity index (χ1) is 19.8. The summed E-state index contributed by atoms with van der Waals surface area (Å²) in [4.78, 5) is 39.1. The number of amides is 2. The van der Waals surface area contributed by atoms with Crippen LogP contribution in [0.2, 0.25) is 0 Å². The van der Waals surface area contributed by atoms with Crippen LogP contribution in [0, 0.1) is 18.8 Å². The number of hydrogen-bond donors (Lipinski definition) is 1. The van der Waals surface area contributed by atoms with Crippen LogP contribution >= 0.6 is 0 Å². The van der Waals surface area contributed by atoms with Gasteiger partial charge in [-0.15, -0.1) is 0 Å². The molecule has 1 aliphatic carbocycles. The van der Waals surface area contributed by atoms with Gasteiger partial charge >= 0.3 is 5.97 Å². The number of ether oxygens (including phenoxy) is 2. The number of aryl methyl sites for hydroxylation is 1. The summed E-state index contributed by atoms with van der Waals surface area (Å²) in [5.74, 6) is 1.10. The van der Waals surface area contributed by atoms with Gasteiger partial charge in [-0.05, 0) is 79.3 Å². The molecule has 1 N–H and O–H groups in total. The largest absolute Gasteiger partial charge is 0.493 e. The summed E-state index contributed by atoms with van der Waals surface area (Å²) in [5.41, 5.74) is 4.80. The molecule has 1 unspecified atom stereocenters. The van der Waals surface area contributed by atoms with E-state index in [0.29, 0.717) is 18.8 Å². The number of fused-ring (bicyclic) bond motifs is 1. The predicted molar refractivity (Wildman–Crippen MR) is 155 cm³/mol. The smallest absolute Gasteiger partial charge is 0.306 e. The van der Waals surface area contributed by atoms with Gasteiger partial charge in [0.2, 0.25) is 11.8 Å². The Morgan fingerprint density at radius 1 is 1.07 bits per heavy atom. The fourth-order valence-electron chi connectivity index (χ4n) is 6.67. The van der Waals surface area contributed by atoms with E-state index in [2.05, 4.69) is 42.2 Å². The highest BCUT2D eigenvalue weighted by Crippen LogP contribution is 2.36. The standard InChI is InChI=1S/C33H42N2O6/c1-3-28(26-9-11-30-27(19-26)14-16-40-30)34(20-23-4-7-25(8-5-23)33(38)39)21-24-6-10-29(22(2)18-24)41-17-15-35-31(36)12-13-32(35)37/h6,9-11,18-19,23,25,28H,3-5,7-8,12-17,20-21H2,1-2H3,(H,38,39)/t23-,25-,28?. The van der Waals surface area contributed by atoms with Gasteiger partial charge in [0.25, 0.3) is 0 Å². The normalized spacial score (nSPS) is 21.2. The highest BCUT2D eigenvalue weighted by Gasteiger charge is 2.30. The summed E-state index contributed by atoms with van der Waals surface area (Å²) in [6.07, 6.45) is 5.88. The maximum absolute atomic E-state index is 11.9. The Morgan fingerprint density at radius 3 is 2.51 bits per heavy atom. The van der Waals surface area contributed by atoms with E-state index in [1.807, 2.05) is 13.0 Å². The van der Waals surface area contributed by atoms with Gasteiger partial charge in [0.05, 0.1) is 19.1 Å². The Balaban J connectivity index is 1.29. The summed E-state index contributed by atoms with van der Waals surface area (Å²) in [6, 6.07) is 13.1. The van der Waals surface area contributed by atoms with Crippen molar-refractivity contribution in [2.24, 2.45) is 11.8 Å². The Hall–Kier alpha value is -3.39. The number of hydrogen-bond acceptors (Lipinski definition) is 6. The molecule has 2 aliphatic heterocycles. The Morgan fingerprint density at radius 2 is 1.83 bits per heavy atom. The first kappa shape index (κ1) is 29.1. The van der Waals surface area contributed by atoms with E-state index in [1.54, 1.807) is 0 Å². The summed E-state index contributed by atoms with van der Waals surface area (Å²) >= 11 is 0. The van der Waals surface area contributed by atoms with Crippen LogP contribution in [0.3, 0.4) is 0 Å². The fraction of sp³-hybridized carbons (Fsp3) is 0.545. The van der Waals surface area contributed by atoms with Crippen LogP contribution in [0.25, 0.3) is 0 Å². The highest BCUT2D eigenvalue weighted by molar-refractivity contribution is 6.01. The molecule has 0 radical (unpaired) electrons. The van der Waals surface area contributed by atoms with Crippen LogP contribution in [0.5, 0.6) is 11.5 Å². The molecule has 2 aromatic rings. The molecule has 5 rings (SSSR count). The molecular formula is C33H42N2O6. The second-order valence-corrected chi connectivity index (χ2v) is 11.8. The lowest BCUT2D eigenvalue weighted by Gasteiger charge is -2.37. The van der Waals surface area contributed by atoms with Crippen LogP contribution in [0.4, 0.5) is 0 Å². The third kappa shape index (κ3) is 6.92. The van der Waals surface area contributed by atoms with Crippen molar-refractivity contribution in [3.8, 4) is 11.5 Å². The third-order valence-electron chi connectivity index (χ3n) is 8.97. The number of benzene rings is 2. The molecule has 2 aromatic carbocycles. The Labute approximate surface area is 242 Å². The number of carbonyl (C=O) groups is 3. The van der Waals surface area contributed by atoms with Gasteiger partial charge in [0.15, 0.2) is 0 Å². The number of rotatable bonds is 12. The van der Waals surface area contributed by atoms with Gasteiger partial charge < -0.3 is 14.6 Å². The van der Waals surface area contributed by atoms with E-state index in [9.17, 15) is 19.5 Å². The van der Waals surface area contributed by atoms with Crippen LogP contribution in [-0.2, 0) is 27.3 Å². The topological polar surface area (TPSA) is 96.4 Å². The van der Waals surface area contributed by atoms with Crippen LogP contribution in [0.15, 0.2) is 36.4 Å². The number of carbonyl (C=O) groups excluding carboxylic acids is 2. The summed E-state index contributed by atoms with van der Waals surface area (Å²) in [5, 5.41) is 9.47. The van der Waals surface area contributed by atoms with E-state index in [1.165, 1.54) is 21.6 Å². The van der Waals surface area contributed by atoms with Crippen molar-refractivity contribution < 1.29 is 29.0 Å². The average Bonchev–Trinajstić information content (AvgIpc) is 3.56. The van der Waals surface area contributed by atoms with E-state index in [4.69, 9.17) is 9.47 Å². The number of nitrogens with zero attached hydrogens (tertiary/aromatic N) is 2. The van der Waals surface area contributed by atoms with Crippen molar-refractivity contribution in [3.05, 3.63) is 58.7 Å². The maximum atomic E-state index is 11.9.